The molecule has 2 heterocycles. The van der Waals surface area contributed by atoms with Crippen LogP contribution >= 0.6 is 0 Å². The van der Waals surface area contributed by atoms with Gasteiger partial charge < -0.3 is 8.83 Å². The van der Waals surface area contributed by atoms with Crippen molar-refractivity contribution in [2.24, 2.45) is 0 Å². The van der Waals surface area contributed by atoms with Crippen LogP contribution in [0.15, 0.2) is 69.5 Å². The highest BCUT2D eigenvalue weighted by molar-refractivity contribution is 5.85. The van der Waals surface area contributed by atoms with Crippen LogP contribution < -0.4 is 0 Å². The molecule has 0 aliphatic rings. The third-order valence-corrected chi connectivity index (χ3v) is 5.75. The van der Waals surface area contributed by atoms with E-state index in [0.29, 0.717) is 5.89 Å². The molecule has 0 saturated carbocycles. The summed E-state index contributed by atoms with van der Waals surface area (Å²) < 4.78 is 12.2. The first-order valence-electron chi connectivity index (χ1n) is 11.0. The first-order valence-corrected chi connectivity index (χ1v) is 11.0. The average Bonchev–Trinajstić information content (AvgIpc) is 3.36. The quantitative estimate of drug-likeness (QED) is 0.289. The molecule has 0 aliphatic heterocycles. The van der Waals surface area contributed by atoms with Crippen LogP contribution in [0.5, 0.6) is 0 Å². The van der Waals surface area contributed by atoms with Crippen molar-refractivity contribution in [2.75, 3.05) is 0 Å². The second-order valence-corrected chi connectivity index (χ2v) is 10.5. The Morgan fingerprint density at radius 1 is 0.562 bits per heavy atom. The van der Waals surface area contributed by atoms with Crippen LogP contribution in [0.4, 0.5) is 0 Å². The van der Waals surface area contributed by atoms with Crippen LogP contribution in [0, 0.1) is 0 Å². The highest BCUT2D eigenvalue weighted by Gasteiger charge is 2.21. The molecule has 32 heavy (non-hydrogen) atoms. The number of hydrogen-bond acceptors (Lipinski definition) is 4. The molecule has 2 aromatic heterocycles. The van der Waals surface area contributed by atoms with Crippen LogP contribution in [-0.2, 0) is 10.8 Å². The van der Waals surface area contributed by atoms with Gasteiger partial charge in [-0.2, -0.15) is 0 Å². The van der Waals surface area contributed by atoms with Gasteiger partial charge in [-0.15, -0.1) is 0 Å². The molecule has 0 saturated heterocycles. The lowest BCUT2D eigenvalue weighted by atomic mass is 9.87. The van der Waals surface area contributed by atoms with E-state index in [1.807, 2.05) is 24.3 Å². The van der Waals surface area contributed by atoms with Gasteiger partial charge in [-0.25, -0.2) is 9.97 Å². The van der Waals surface area contributed by atoms with Crippen LogP contribution in [-0.4, -0.2) is 9.97 Å². The van der Waals surface area contributed by atoms with Gasteiger partial charge in [0.05, 0.1) is 0 Å². The highest BCUT2D eigenvalue weighted by Crippen LogP contribution is 2.32. The van der Waals surface area contributed by atoms with Crippen molar-refractivity contribution in [1.82, 2.24) is 9.97 Å². The Morgan fingerprint density at radius 2 is 1.09 bits per heavy atom. The molecule has 5 rings (SSSR count). The van der Waals surface area contributed by atoms with E-state index in [0.717, 1.165) is 44.8 Å². The van der Waals surface area contributed by atoms with Crippen molar-refractivity contribution in [3.63, 3.8) is 0 Å². The summed E-state index contributed by atoms with van der Waals surface area (Å²) in [4.78, 5) is 9.33. The summed E-state index contributed by atoms with van der Waals surface area (Å²) >= 11 is 0. The van der Waals surface area contributed by atoms with E-state index in [1.54, 1.807) is 0 Å². The SMILES string of the molecule is CC(C)(C)c1ccc(-c2nc3ccc(-c4ccc5nc(C(C)(C)C)oc5c4)cc3o2)cc1. The lowest BCUT2D eigenvalue weighted by Gasteiger charge is -2.18. The smallest absolute Gasteiger partial charge is 0.227 e. The molecule has 0 atom stereocenters. The zero-order valence-electron chi connectivity index (χ0n) is 19.5. The van der Waals surface area contributed by atoms with Crippen molar-refractivity contribution >= 4 is 22.2 Å². The van der Waals surface area contributed by atoms with Crippen molar-refractivity contribution in [2.45, 2.75) is 52.4 Å². The molecule has 0 aliphatic carbocycles. The molecule has 0 N–H and O–H groups in total. The van der Waals surface area contributed by atoms with Gasteiger partial charge in [0.15, 0.2) is 11.2 Å². The molecule has 0 fully saturated rings. The summed E-state index contributed by atoms with van der Waals surface area (Å²) in [5, 5.41) is 0. The van der Waals surface area contributed by atoms with Gasteiger partial charge >= 0.3 is 0 Å². The van der Waals surface area contributed by atoms with Gasteiger partial charge in [0.1, 0.15) is 11.0 Å². The highest BCUT2D eigenvalue weighted by atomic mass is 16.4. The van der Waals surface area contributed by atoms with Crippen molar-refractivity contribution in [3.05, 3.63) is 72.1 Å². The van der Waals surface area contributed by atoms with Gasteiger partial charge in [-0.1, -0.05) is 65.8 Å². The zero-order valence-corrected chi connectivity index (χ0v) is 19.5. The lowest BCUT2D eigenvalue weighted by Crippen LogP contribution is -2.10. The number of nitrogens with zero attached hydrogens (tertiary/aromatic N) is 2. The predicted molar refractivity (Wildman–Crippen MR) is 130 cm³/mol. The Kier molecular flexibility index (Phi) is 4.52. The van der Waals surface area contributed by atoms with Crippen LogP contribution in [0.25, 0.3) is 44.8 Å². The molecule has 0 spiro atoms. The van der Waals surface area contributed by atoms with Crippen molar-refractivity contribution in [3.8, 4) is 22.6 Å². The number of benzene rings is 3. The molecule has 0 unspecified atom stereocenters. The predicted octanol–water partition coefficient (Wildman–Crippen LogP) is 7.90. The Morgan fingerprint density at radius 3 is 1.66 bits per heavy atom. The maximum Gasteiger partial charge on any atom is 0.227 e. The fourth-order valence-corrected chi connectivity index (χ4v) is 3.77. The summed E-state index contributed by atoms with van der Waals surface area (Å²) in [5.41, 5.74) is 7.66. The van der Waals surface area contributed by atoms with Gasteiger partial charge in [0, 0.05) is 11.0 Å². The van der Waals surface area contributed by atoms with E-state index in [9.17, 15) is 0 Å². The number of aromatic nitrogens is 2. The van der Waals surface area contributed by atoms with E-state index in [-0.39, 0.29) is 10.8 Å². The normalized spacial score (nSPS) is 12.7. The number of hydrogen-bond donors (Lipinski definition) is 0. The largest absolute Gasteiger partial charge is 0.440 e. The molecule has 5 aromatic rings. The second kappa shape index (κ2) is 7.06. The standard InChI is InChI=1S/C28H28N2O2/c1-27(2,3)20-11-7-17(8-12-20)25-29-21-13-9-18(15-23(21)31-25)19-10-14-22-24(16-19)32-26(30-22)28(4,5)6/h7-16H,1-6H3. The van der Waals surface area contributed by atoms with Gasteiger partial charge in [0.2, 0.25) is 11.8 Å². The van der Waals surface area contributed by atoms with Crippen LogP contribution in [0.1, 0.15) is 53.0 Å². The summed E-state index contributed by atoms with van der Waals surface area (Å²) in [6.45, 7) is 12.9. The van der Waals surface area contributed by atoms with Gasteiger partial charge in [-0.3, -0.25) is 0 Å². The molecule has 0 bridgehead atoms. The Labute approximate surface area is 188 Å². The Balaban J connectivity index is 1.50. The molecule has 4 heteroatoms. The Hall–Kier alpha value is -3.40. The van der Waals surface area contributed by atoms with Crippen molar-refractivity contribution < 1.29 is 8.83 Å². The van der Waals surface area contributed by atoms with E-state index >= 15 is 0 Å². The molecule has 162 valence electrons. The van der Waals surface area contributed by atoms with E-state index in [2.05, 4.69) is 82.9 Å². The third-order valence-electron chi connectivity index (χ3n) is 5.75. The summed E-state index contributed by atoms with van der Waals surface area (Å²) in [5.74, 6) is 1.38. The minimum Gasteiger partial charge on any atom is -0.440 e. The number of fused-ring (bicyclic) bond motifs is 2. The second-order valence-electron chi connectivity index (χ2n) is 10.5. The first kappa shape index (κ1) is 20.5. The molecular formula is C28H28N2O2. The summed E-state index contributed by atoms with van der Waals surface area (Å²) in [6.07, 6.45) is 0. The maximum absolute atomic E-state index is 6.13. The van der Waals surface area contributed by atoms with Crippen molar-refractivity contribution in [1.29, 1.82) is 0 Å². The maximum atomic E-state index is 6.13. The topological polar surface area (TPSA) is 52.1 Å². The molecule has 3 aromatic carbocycles. The zero-order chi connectivity index (χ0) is 22.7. The number of oxazole rings is 2. The minimum absolute atomic E-state index is 0.118. The molecule has 0 amide bonds. The third kappa shape index (κ3) is 3.70. The molecule has 4 nitrogen and oxygen atoms in total. The van der Waals surface area contributed by atoms with E-state index < -0.39 is 0 Å². The van der Waals surface area contributed by atoms with Crippen LogP contribution in [0.3, 0.4) is 0 Å². The van der Waals surface area contributed by atoms with Crippen LogP contribution in [0.2, 0.25) is 0 Å². The van der Waals surface area contributed by atoms with Gasteiger partial charge in [0.25, 0.3) is 0 Å². The molecular weight excluding hydrogens is 396 g/mol. The van der Waals surface area contributed by atoms with E-state index in [1.165, 1.54) is 5.56 Å². The lowest BCUT2D eigenvalue weighted by molar-refractivity contribution is 0.411. The van der Waals surface area contributed by atoms with Gasteiger partial charge in [-0.05, 0) is 58.5 Å². The number of rotatable bonds is 2. The average molecular weight is 425 g/mol. The van der Waals surface area contributed by atoms with E-state index in [4.69, 9.17) is 13.8 Å². The summed E-state index contributed by atoms with van der Waals surface area (Å²) in [6, 6.07) is 20.7. The fourth-order valence-electron chi connectivity index (χ4n) is 3.77. The fraction of sp³-hybridized carbons (Fsp3) is 0.286. The minimum atomic E-state index is -0.126. The monoisotopic (exact) mass is 424 g/mol. The summed E-state index contributed by atoms with van der Waals surface area (Å²) in [7, 11) is 0. The first-order chi connectivity index (χ1) is 15.1. The Bertz CT molecular complexity index is 1420. The molecule has 0 radical (unpaired) electrons.